The first-order chi connectivity index (χ1) is 15.3. The van der Waals surface area contributed by atoms with E-state index in [1.807, 2.05) is 0 Å². The molecule has 0 radical (unpaired) electrons. The maximum Gasteiger partial charge on any atom is 0.349 e. The standard InChI is InChI=1S/C19H17BCl2N6O4/c20-12-10(28-19(31)24-17(30)15(23)27-28)5-9(21)14(13(12)22)32-18-8-4-3-7(6-1-2-6)11(8)16(29)25-26-18/h5-7H,1-4,20H2,(H2,23,27)(H,25,29)(H,24,30,31). The SMILES string of the molecule is Bc1c(-n2nc(N)c(=O)[nH]c2=O)cc(Cl)c(Oc2n[nH]c(=O)c3c2CCC3C2CC2)c1Cl. The van der Waals surface area contributed by atoms with Gasteiger partial charge in [0.05, 0.1) is 15.7 Å². The minimum atomic E-state index is -0.792. The molecule has 1 atom stereocenters. The zero-order valence-electron chi connectivity index (χ0n) is 16.9. The molecule has 13 heteroatoms. The number of fused-ring (bicyclic) bond motifs is 1. The molecular weight excluding hydrogens is 458 g/mol. The Morgan fingerprint density at radius 1 is 1.19 bits per heavy atom. The van der Waals surface area contributed by atoms with Gasteiger partial charge in [0, 0.05) is 11.1 Å². The highest BCUT2D eigenvalue weighted by molar-refractivity contribution is 6.49. The smallest absolute Gasteiger partial charge is 0.349 e. The van der Waals surface area contributed by atoms with Crippen LogP contribution >= 0.6 is 23.2 Å². The lowest BCUT2D eigenvalue weighted by molar-refractivity contribution is 0.448. The van der Waals surface area contributed by atoms with Gasteiger partial charge in [-0.1, -0.05) is 23.2 Å². The number of nitrogens with zero attached hydrogens (tertiary/aromatic N) is 3. The van der Waals surface area contributed by atoms with Gasteiger partial charge in [-0.25, -0.2) is 9.89 Å². The lowest BCUT2D eigenvalue weighted by Crippen LogP contribution is -2.35. The fourth-order valence-electron chi connectivity index (χ4n) is 4.28. The highest BCUT2D eigenvalue weighted by Gasteiger charge is 2.40. The Morgan fingerprint density at radius 2 is 1.94 bits per heavy atom. The third-order valence-corrected chi connectivity index (χ3v) is 6.76. The quantitative estimate of drug-likeness (QED) is 0.462. The predicted octanol–water partition coefficient (Wildman–Crippen LogP) is 0.384. The first-order valence-corrected chi connectivity index (χ1v) is 10.8. The fraction of sp³-hybridized carbons (Fsp3) is 0.316. The van der Waals surface area contributed by atoms with Crippen molar-refractivity contribution in [2.45, 2.75) is 31.6 Å². The van der Waals surface area contributed by atoms with E-state index in [9.17, 15) is 14.4 Å². The molecule has 1 unspecified atom stereocenters. The van der Waals surface area contributed by atoms with Gasteiger partial charge < -0.3 is 10.5 Å². The molecule has 3 aromatic rings. The number of benzene rings is 1. The number of aromatic nitrogens is 5. The third-order valence-electron chi connectivity index (χ3n) is 6.03. The Hall–Kier alpha value is -3.05. The molecule has 2 heterocycles. The first-order valence-electron chi connectivity index (χ1n) is 10.0. The molecule has 4 N–H and O–H groups in total. The van der Waals surface area contributed by atoms with Crippen LogP contribution in [-0.2, 0) is 6.42 Å². The van der Waals surface area contributed by atoms with Gasteiger partial charge in [0.1, 0.15) is 7.85 Å². The van der Waals surface area contributed by atoms with Crippen molar-refractivity contribution in [1.29, 1.82) is 0 Å². The maximum atomic E-state index is 12.4. The van der Waals surface area contributed by atoms with E-state index in [1.165, 1.54) is 6.07 Å². The van der Waals surface area contributed by atoms with E-state index in [2.05, 4.69) is 20.3 Å². The number of anilines is 1. The molecular formula is C19H17BCl2N6O4. The van der Waals surface area contributed by atoms with Crippen LogP contribution in [0.2, 0.25) is 10.0 Å². The van der Waals surface area contributed by atoms with Gasteiger partial charge in [-0.15, -0.1) is 10.2 Å². The summed E-state index contributed by atoms with van der Waals surface area (Å²) in [6.45, 7) is 0. The molecule has 1 saturated carbocycles. The lowest BCUT2D eigenvalue weighted by atomic mass is 9.93. The number of nitrogens with two attached hydrogens (primary N) is 1. The number of nitrogen functional groups attached to an aromatic ring is 1. The lowest BCUT2D eigenvalue weighted by Gasteiger charge is -2.16. The summed E-state index contributed by atoms with van der Waals surface area (Å²) in [6.07, 6.45) is 3.82. The van der Waals surface area contributed by atoms with Crippen LogP contribution in [0.25, 0.3) is 5.69 Å². The number of ether oxygens (including phenoxy) is 1. The van der Waals surface area contributed by atoms with E-state index in [-0.39, 0.29) is 44.7 Å². The van der Waals surface area contributed by atoms with Crippen molar-refractivity contribution >= 4 is 42.3 Å². The second kappa shape index (κ2) is 7.52. The normalized spacial score (nSPS) is 17.4. The number of hydrogen-bond acceptors (Lipinski definition) is 7. The fourth-order valence-corrected chi connectivity index (χ4v) is 4.80. The van der Waals surface area contributed by atoms with E-state index < -0.39 is 11.2 Å². The first kappa shape index (κ1) is 20.8. The Bertz CT molecular complexity index is 1450. The predicted molar refractivity (Wildman–Crippen MR) is 122 cm³/mol. The van der Waals surface area contributed by atoms with Crippen LogP contribution in [0, 0.1) is 5.92 Å². The summed E-state index contributed by atoms with van der Waals surface area (Å²) in [4.78, 5) is 38.3. The van der Waals surface area contributed by atoms with E-state index >= 15 is 0 Å². The van der Waals surface area contributed by atoms with Crippen LogP contribution in [0.15, 0.2) is 20.4 Å². The number of hydrogen-bond donors (Lipinski definition) is 3. The second-order valence-corrected chi connectivity index (χ2v) is 8.82. The van der Waals surface area contributed by atoms with E-state index in [0.29, 0.717) is 17.8 Å². The summed E-state index contributed by atoms with van der Waals surface area (Å²) in [6, 6.07) is 1.43. The molecule has 0 spiro atoms. The largest absolute Gasteiger partial charge is 0.434 e. The van der Waals surface area contributed by atoms with Crippen LogP contribution in [0.4, 0.5) is 5.82 Å². The average molecular weight is 475 g/mol. The zero-order chi connectivity index (χ0) is 22.7. The highest BCUT2D eigenvalue weighted by Crippen LogP contribution is 2.50. The van der Waals surface area contributed by atoms with Gasteiger partial charge in [-0.05, 0) is 49.0 Å². The molecule has 1 fully saturated rings. The van der Waals surface area contributed by atoms with Gasteiger partial charge in [-0.2, -0.15) is 4.68 Å². The summed E-state index contributed by atoms with van der Waals surface area (Å²) >= 11 is 13.0. The summed E-state index contributed by atoms with van der Waals surface area (Å²) < 4.78 is 6.90. The van der Waals surface area contributed by atoms with Gasteiger partial charge >= 0.3 is 5.69 Å². The van der Waals surface area contributed by atoms with Crippen LogP contribution in [0.5, 0.6) is 11.6 Å². The average Bonchev–Trinajstić information content (AvgIpc) is 3.50. The van der Waals surface area contributed by atoms with Crippen LogP contribution in [0.3, 0.4) is 0 Å². The van der Waals surface area contributed by atoms with Crippen LogP contribution in [0.1, 0.15) is 36.3 Å². The van der Waals surface area contributed by atoms with Crippen molar-refractivity contribution in [3.8, 4) is 17.3 Å². The Balaban J connectivity index is 1.58. The molecule has 0 bridgehead atoms. The molecule has 0 amide bonds. The van der Waals surface area contributed by atoms with E-state index in [0.717, 1.165) is 35.1 Å². The molecule has 2 aromatic heterocycles. The summed E-state index contributed by atoms with van der Waals surface area (Å²) in [7, 11) is 1.64. The van der Waals surface area contributed by atoms with Gasteiger partial charge in [0.15, 0.2) is 5.75 Å². The number of aromatic amines is 2. The number of rotatable bonds is 4. The molecule has 164 valence electrons. The van der Waals surface area contributed by atoms with E-state index in [4.69, 9.17) is 33.7 Å². The molecule has 5 rings (SSSR count). The zero-order valence-corrected chi connectivity index (χ0v) is 18.4. The highest BCUT2D eigenvalue weighted by atomic mass is 35.5. The van der Waals surface area contributed by atoms with Crippen molar-refractivity contribution in [2.75, 3.05) is 5.73 Å². The van der Waals surface area contributed by atoms with Gasteiger partial charge in [0.2, 0.25) is 11.7 Å². The summed E-state index contributed by atoms with van der Waals surface area (Å²) in [5.74, 6) is 0.767. The summed E-state index contributed by atoms with van der Waals surface area (Å²) in [5.41, 5.74) is 5.93. The van der Waals surface area contributed by atoms with Gasteiger partial charge in [-0.3, -0.25) is 14.6 Å². The number of nitrogens with one attached hydrogen (secondary N) is 2. The number of H-pyrrole nitrogens is 2. The molecule has 0 saturated heterocycles. The molecule has 1 aromatic carbocycles. The van der Waals surface area contributed by atoms with Crippen molar-refractivity contribution < 1.29 is 4.74 Å². The van der Waals surface area contributed by atoms with Crippen molar-refractivity contribution in [3.05, 3.63) is 58.4 Å². The molecule has 2 aliphatic carbocycles. The second-order valence-electron chi connectivity index (χ2n) is 8.04. The Kier molecular flexibility index (Phi) is 4.90. The van der Waals surface area contributed by atoms with Crippen molar-refractivity contribution in [1.82, 2.24) is 25.0 Å². The monoisotopic (exact) mass is 474 g/mol. The third kappa shape index (κ3) is 3.32. The van der Waals surface area contributed by atoms with Crippen LogP contribution < -0.4 is 32.7 Å². The topological polar surface area (TPSA) is 149 Å². The minimum Gasteiger partial charge on any atom is -0.434 e. The van der Waals surface area contributed by atoms with Crippen LogP contribution in [-0.4, -0.2) is 32.8 Å². The maximum absolute atomic E-state index is 12.4. The minimum absolute atomic E-state index is 0.0903. The van der Waals surface area contributed by atoms with Gasteiger partial charge in [0.25, 0.3) is 11.1 Å². The molecule has 0 aliphatic heterocycles. The van der Waals surface area contributed by atoms with Crippen molar-refractivity contribution in [3.63, 3.8) is 0 Å². The Morgan fingerprint density at radius 3 is 2.66 bits per heavy atom. The van der Waals surface area contributed by atoms with E-state index in [1.54, 1.807) is 7.85 Å². The summed E-state index contributed by atoms with van der Waals surface area (Å²) in [5, 5.41) is 10.6. The Labute approximate surface area is 191 Å². The molecule has 10 nitrogen and oxygen atoms in total. The number of halogens is 2. The molecule has 2 aliphatic rings. The van der Waals surface area contributed by atoms with Crippen molar-refractivity contribution in [2.24, 2.45) is 5.92 Å². The molecule has 32 heavy (non-hydrogen) atoms.